The average Bonchev–Trinajstić information content (AvgIpc) is 2.16. The molecular weight excluding hydrogens is 184 g/mol. The number of rotatable bonds is 3. The van der Waals surface area contributed by atoms with E-state index in [9.17, 15) is 0 Å². The second kappa shape index (κ2) is 4.42. The van der Waals surface area contributed by atoms with Crippen molar-refractivity contribution in [1.82, 2.24) is 4.90 Å². The highest BCUT2D eigenvalue weighted by atomic mass is 15.2. The van der Waals surface area contributed by atoms with E-state index in [0.717, 1.165) is 24.9 Å². The van der Waals surface area contributed by atoms with E-state index in [2.05, 4.69) is 18.7 Å². The fraction of sp³-hybridized carbons (Fsp3) is 1.00. The molecule has 0 aromatic heterocycles. The van der Waals surface area contributed by atoms with Gasteiger partial charge in [0.25, 0.3) is 0 Å². The van der Waals surface area contributed by atoms with Crippen molar-refractivity contribution in [2.75, 3.05) is 26.2 Å². The van der Waals surface area contributed by atoms with Gasteiger partial charge in [0.1, 0.15) is 0 Å². The van der Waals surface area contributed by atoms with Gasteiger partial charge in [0.05, 0.1) is 0 Å². The third-order valence-corrected chi connectivity index (χ3v) is 4.60. The quantitative estimate of drug-likeness (QED) is 0.773. The molecular formula is C13H26N2. The van der Waals surface area contributed by atoms with Gasteiger partial charge in [-0.25, -0.2) is 0 Å². The fourth-order valence-electron chi connectivity index (χ4n) is 3.48. The normalized spacial score (nSPS) is 27.2. The minimum atomic E-state index is 0.709. The maximum Gasteiger partial charge on any atom is 0.0105 e. The van der Waals surface area contributed by atoms with Crippen LogP contribution in [0.2, 0.25) is 0 Å². The molecule has 1 heterocycles. The zero-order valence-corrected chi connectivity index (χ0v) is 10.3. The molecule has 1 spiro atoms. The highest BCUT2D eigenvalue weighted by Gasteiger charge is 2.44. The van der Waals surface area contributed by atoms with Crippen molar-refractivity contribution >= 4 is 0 Å². The van der Waals surface area contributed by atoms with Crippen LogP contribution in [0.15, 0.2) is 0 Å². The van der Waals surface area contributed by atoms with Gasteiger partial charge in [0.15, 0.2) is 0 Å². The van der Waals surface area contributed by atoms with Gasteiger partial charge >= 0.3 is 0 Å². The highest BCUT2D eigenvalue weighted by molar-refractivity contribution is 4.97. The second-order valence-corrected chi connectivity index (χ2v) is 6.08. The third kappa shape index (κ3) is 2.36. The molecule has 1 saturated heterocycles. The minimum absolute atomic E-state index is 0.709. The molecule has 2 aliphatic rings. The Morgan fingerprint density at radius 1 is 1.27 bits per heavy atom. The van der Waals surface area contributed by atoms with Gasteiger partial charge in [0, 0.05) is 26.2 Å². The summed E-state index contributed by atoms with van der Waals surface area (Å²) in [6, 6.07) is 0. The number of nitrogens with two attached hydrogens (primary N) is 1. The molecule has 0 unspecified atom stereocenters. The Morgan fingerprint density at radius 2 is 1.87 bits per heavy atom. The molecule has 0 aromatic rings. The van der Waals surface area contributed by atoms with Crippen molar-refractivity contribution in [1.29, 1.82) is 0 Å². The lowest BCUT2D eigenvalue weighted by molar-refractivity contribution is -0.0401. The van der Waals surface area contributed by atoms with Crippen molar-refractivity contribution in [2.24, 2.45) is 23.0 Å². The monoisotopic (exact) mass is 210 g/mol. The molecule has 0 aromatic carbocycles. The van der Waals surface area contributed by atoms with Gasteiger partial charge in [-0.2, -0.15) is 0 Å². The van der Waals surface area contributed by atoms with E-state index in [1.54, 1.807) is 0 Å². The summed E-state index contributed by atoms with van der Waals surface area (Å²) >= 11 is 0. The lowest BCUT2D eigenvalue weighted by atomic mass is 9.64. The average molecular weight is 210 g/mol. The highest BCUT2D eigenvalue weighted by Crippen LogP contribution is 2.46. The SMILES string of the molecule is CC(C)C1CCC2(CC1)CN(CCN)C2. The Kier molecular flexibility index (Phi) is 3.36. The van der Waals surface area contributed by atoms with Crippen molar-refractivity contribution in [3.8, 4) is 0 Å². The number of nitrogens with zero attached hydrogens (tertiary/aromatic N) is 1. The minimum Gasteiger partial charge on any atom is -0.329 e. The maximum atomic E-state index is 5.58. The van der Waals surface area contributed by atoms with Crippen LogP contribution in [0.1, 0.15) is 39.5 Å². The molecule has 15 heavy (non-hydrogen) atoms. The lowest BCUT2D eigenvalue weighted by Gasteiger charge is -2.54. The number of hydrogen-bond acceptors (Lipinski definition) is 2. The summed E-state index contributed by atoms with van der Waals surface area (Å²) in [5.74, 6) is 1.89. The van der Waals surface area contributed by atoms with Crippen LogP contribution in [0.5, 0.6) is 0 Å². The summed E-state index contributed by atoms with van der Waals surface area (Å²) in [6.07, 6.45) is 5.87. The summed E-state index contributed by atoms with van der Waals surface area (Å²) in [5, 5.41) is 0. The van der Waals surface area contributed by atoms with Crippen LogP contribution in [0, 0.1) is 17.3 Å². The molecule has 0 amide bonds. The van der Waals surface area contributed by atoms with Crippen LogP contribution >= 0.6 is 0 Å². The maximum absolute atomic E-state index is 5.58. The van der Waals surface area contributed by atoms with Crippen molar-refractivity contribution in [3.05, 3.63) is 0 Å². The van der Waals surface area contributed by atoms with E-state index in [1.807, 2.05) is 0 Å². The molecule has 0 atom stereocenters. The molecule has 1 aliphatic carbocycles. The molecule has 0 bridgehead atoms. The molecule has 0 radical (unpaired) electrons. The zero-order valence-electron chi connectivity index (χ0n) is 10.3. The van der Waals surface area contributed by atoms with Crippen LogP contribution in [0.3, 0.4) is 0 Å². The summed E-state index contributed by atoms with van der Waals surface area (Å²) < 4.78 is 0. The predicted molar refractivity (Wildman–Crippen MR) is 64.7 cm³/mol. The fourth-order valence-corrected chi connectivity index (χ4v) is 3.48. The molecule has 2 nitrogen and oxygen atoms in total. The molecule has 2 fully saturated rings. The van der Waals surface area contributed by atoms with Gasteiger partial charge in [-0.15, -0.1) is 0 Å². The van der Waals surface area contributed by atoms with Gasteiger partial charge < -0.3 is 10.6 Å². The number of likely N-dealkylation sites (tertiary alicyclic amines) is 1. The molecule has 88 valence electrons. The van der Waals surface area contributed by atoms with Crippen LogP contribution < -0.4 is 5.73 Å². The topological polar surface area (TPSA) is 29.3 Å². The van der Waals surface area contributed by atoms with Gasteiger partial charge in [-0.1, -0.05) is 13.8 Å². The summed E-state index contributed by atoms with van der Waals surface area (Å²) in [7, 11) is 0. The first kappa shape index (κ1) is 11.4. The van der Waals surface area contributed by atoms with Gasteiger partial charge in [-0.3, -0.25) is 0 Å². The van der Waals surface area contributed by atoms with E-state index >= 15 is 0 Å². The molecule has 2 rings (SSSR count). The standard InChI is InChI=1S/C13H26N2/c1-11(2)12-3-5-13(6-4-12)9-15(10-13)8-7-14/h11-12H,3-10,14H2,1-2H3. The van der Waals surface area contributed by atoms with E-state index in [1.165, 1.54) is 38.8 Å². The number of hydrogen-bond donors (Lipinski definition) is 1. The van der Waals surface area contributed by atoms with E-state index in [4.69, 9.17) is 5.73 Å². The van der Waals surface area contributed by atoms with E-state index < -0.39 is 0 Å². The molecule has 1 saturated carbocycles. The predicted octanol–water partition coefficient (Wildman–Crippen LogP) is 2.09. The Hall–Kier alpha value is -0.0800. The zero-order chi connectivity index (χ0) is 10.9. The largest absolute Gasteiger partial charge is 0.329 e. The van der Waals surface area contributed by atoms with Crippen molar-refractivity contribution < 1.29 is 0 Å². The van der Waals surface area contributed by atoms with Crippen molar-refractivity contribution in [2.45, 2.75) is 39.5 Å². The Morgan fingerprint density at radius 3 is 2.33 bits per heavy atom. The summed E-state index contributed by atoms with van der Waals surface area (Å²) in [4.78, 5) is 2.52. The molecule has 2 heteroatoms. The first-order chi connectivity index (χ1) is 7.15. The lowest BCUT2D eigenvalue weighted by Crippen LogP contribution is -2.58. The van der Waals surface area contributed by atoms with Crippen LogP contribution in [0.25, 0.3) is 0 Å². The Labute approximate surface area is 94.2 Å². The smallest absolute Gasteiger partial charge is 0.0105 e. The molecule has 2 N–H and O–H groups in total. The Bertz CT molecular complexity index is 197. The van der Waals surface area contributed by atoms with Crippen LogP contribution in [0.4, 0.5) is 0 Å². The van der Waals surface area contributed by atoms with E-state index in [-0.39, 0.29) is 0 Å². The summed E-state index contributed by atoms with van der Waals surface area (Å²) in [5.41, 5.74) is 6.29. The molecule has 1 aliphatic heterocycles. The van der Waals surface area contributed by atoms with Crippen molar-refractivity contribution in [3.63, 3.8) is 0 Å². The van der Waals surface area contributed by atoms with Crippen LogP contribution in [-0.2, 0) is 0 Å². The van der Waals surface area contributed by atoms with Crippen LogP contribution in [-0.4, -0.2) is 31.1 Å². The Balaban J connectivity index is 1.75. The first-order valence-corrected chi connectivity index (χ1v) is 6.58. The van der Waals surface area contributed by atoms with Gasteiger partial charge in [-0.05, 0) is 42.9 Å². The summed E-state index contributed by atoms with van der Waals surface area (Å²) in [6.45, 7) is 9.35. The second-order valence-electron chi connectivity index (χ2n) is 6.08. The third-order valence-electron chi connectivity index (χ3n) is 4.60. The van der Waals surface area contributed by atoms with E-state index in [0.29, 0.717) is 5.41 Å². The van der Waals surface area contributed by atoms with Gasteiger partial charge in [0.2, 0.25) is 0 Å². The first-order valence-electron chi connectivity index (χ1n) is 6.58.